The maximum atomic E-state index is 6.04. The van der Waals surface area contributed by atoms with Gasteiger partial charge in [-0.05, 0) is 75.3 Å². The van der Waals surface area contributed by atoms with Gasteiger partial charge < -0.3 is 41.2 Å². The number of aromatic nitrogens is 1. The third-order valence-electron chi connectivity index (χ3n) is 2.75. The molecule has 13 heteroatoms. The molecule has 0 aliphatic heterocycles. The number of nitrogens with one attached hydrogen (secondary N) is 1. The van der Waals surface area contributed by atoms with Crippen molar-refractivity contribution in [3.05, 3.63) is 52.2 Å². The van der Waals surface area contributed by atoms with Crippen molar-refractivity contribution in [1.29, 1.82) is 0 Å². The fourth-order valence-corrected chi connectivity index (χ4v) is 4.33. The monoisotopic (exact) mass is 679 g/mol. The van der Waals surface area contributed by atoms with Gasteiger partial charge in [-0.3, -0.25) is 0 Å². The first-order valence-corrected chi connectivity index (χ1v) is 11.4. The molecular weight excluding hydrogens is 670 g/mol. The maximum Gasteiger partial charge on any atom is 1.00 e. The Morgan fingerprint density at radius 2 is 1.66 bits per heavy atom. The van der Waals surface area contributed by atoms with Gasteiger partial charge in [0.25, 0.3) is 0 Å². The molecule has 2 aromatic carbocycles. The number of aromatic amines is 1. The summed E-state index contributed by atoms with van der Waals surface area (Å²) in [7, 11) is 0. The Hall–Kier alpha value is 2.06. The standard InChI is InChI=1S/C7H3BrClNS2.C6H4BrCl2N.C3H5OS.K.H2S/c8-3-1-2-4-6(5(3)9)12-7(11)10-4;7-3-1-2-4(10)6(9)5(3)8;1-2-4-3-5;;/h1-2H,(H,10,11);1-2H,10H2;2H2,1H3;;1H2/q;;-1;+1;/p-1. The van der Waals surface area contributed by atoms with Crippen molar-refractivity contribution in [3.63, 3.8) is 0 Å². The molecule has 154 valence electrons. The average molecular weight is 683 g/mol. The minimum absolute atomic E-state index is 0. The van der Waals surface area contributed by atoms with Gasteiger partial charge in [0.1, 0.15) is 0 Å². The van der Waals surface area contributed by atoms with E-state index in [1.165, 1.54) is 11.3 Å². The van der Waals surface area contributed by atoms with Gasteiger partial charge >= 0.3 is 51.4 Å². The number of benzene rings is 2. The summed E-state index contributed by atoms with van der Waals surface area (Å²) >= 11 is 34.7. The first-order valence-electron chi connectivity index (χ1n) is 7.07. The summed E-state index contributed by atoms with van der Waals surface area (Å²) < 4.78 is 7.83. The quantitative estimate of drug-likeness (QED) is 0.0731. The molecule has 0 unspecified atom stereocenters. The average Bonchev–Trinajstić information content (AvgIpc) is 3.03. The third-order valence-corrected chi connectivity index (χ3v) is 7.31. The van der Waals surface area contributed by atoms with E-state index in [9.17, 15) is 0 Å². The minimum atomic E-state index is 0. The number of H-pyrrole nitrogens is 1. The second-order valence-corrected chi connectivity index (χ2v) is 9.23. The van der Waals surface area contributed by atoms with Crippen molar-refractivity contribution in [2.45, 2.75) is 6.92 Å². The number of rotatable bonds is 2. The van der Waals surface area contributed by atoms with E-state index >= 15 is 0 Å². The second kappa shape index (κ2) is 17.5. The van der Waals surface area contributed by atoms with Gasteiger partial charge in [0, 0.05) is 15.6 Å². The fourth-order valence-electron chi connectivity index (χ4n) is 1.56. The molecule has 0 aliphatic carbocycles. The van der Waals surface area contributed by atoms with Gasteiger partial charge in [0.05, 0.1) is 31.0 Å². The van der Waals surface area contributed by atoms with Crippen LogP contribution in [-0.2, 0) is 18.2 Å². The molecule has 0 amide bonds. The molecule has 0 saturated heterocycles. The van der Waals surface area contributed by atoms with E-state index in [1.54, 1.807) is 12.1 Å². The van der Waals surface area contributed by atoms with E-state index in [1.807, 2.05) is 19.1 Å². The Labute approximate surface area is 265 Å². The number of ether oxygens (including phenoxy) is 1. The number of hydrogen-bond donors (Lipinski definition) is 2. The number of fused-ring (bicyclic) bond motifs is 1. The Bertz CT molecular complexity index is 962. The van der Waals surface area contributed by atoms with Gasteiger partial charge in [-0.2, -0.15) is 0 Å². The van der Waals surface area contributed by atoms with Crippen LogP contribution in [0.2, 0.25) is 15.1 Å². The number of nitrogens with two attached hydrogens (primary N) is 1. The third kappa shape index (κ3) is 11.2. The molecule has 29 heavy (non-hydrogen) atoms. The van der Waals surface area contributed by atoms with E-state index in [2.05, 4.69) is 59.4 Å². The second-order valence-electron chi connectivity index (χ2n) is 4.53. The van der Waals surface area contributed by atoms with Crippen LogP contribution in [0, 0.1) is 3.95 Å². The van der Waals surface area contributed by atoms with Crippen molar-refractivity contribution >= 4 is 137 Å². The van der Waals surface area contributed by atoms with Crippen LogP contribution < -0.4 is 57.1 Å². The van der Waals surface area contributed by atoms with Gasteiger partial charge in [0.2, 0.25) is 0 Å². The van der Waals surface area contributed by atoms with Gasteiger partial charge in [-0.25, -0.2) is 5.55 Å². The van der Waals surface area contributed by atoms with Crippen LogP contribution in [0.4, 0.5) is 5.69 Å². The molecule has 0 bridgehead atoms. The number of hydrogen-bond acceptors (Lipinski definition) is 6. The van der Waals surface area contributed by atoms with E-state index in [4.69, 9.17) is 52.8 Å². The normalized spacial score (nSPS) is 9.03. The number of thiocarbonyl (C=S) groups is 1. The minimum Gasteiger partial charge on any atom is -0.813 e. The Morgan fingerprint density at radius 1 is 1.10 bits per heavy atom. The van der Waals surface area contributed by atoms with Gasteiger partial charge in [-0.15, -0.1) is 11.3 Å². The van der Waals surface area contributed by atoms with Crippen molar-refractivity contribution in [2.24, 2.45) is 0 Å². The summed E-state index contributed by atoms with van der Waals surface area (Å²) in [6.45, 7) is 2.49. The van der Waals surface area contributed by atoms with Crippen molar-refractivity contribution < 1.29 is 56.1 Å². The first kappa shape index (κ1) is 33.2. The van der Waals surface area contributed by atoms with Gasteiger partial charge in [-0.1, -0.05) is 34.8 Å². The van der Waals surface area contributed by atoms with Crippen LogP contribution in [-0.4, -0.2) is 17.1 Å². The van der Waals surface area contributed by atoms with Crippen LogP contribution in [0.1, 0.15) is 6.92 Å². The zero-order valence-corrected chi connectivity index (χ0v) is 27.0. The zero-order chi connectivity index (χ0) is 20.6. The fraction of sp³-hybridized carbons (Fsp3) is 0.125. The van der Waals surface area contributed by atoms with Crippen molar-refractivity contribution in [3.8, 4) is 0 Å². The molecule has 3 rings (SSSR count). The topological polar surface area (TPSA) is 51.0 Å². The van der Waals surface area contributed by atoms with E-state index < -0.39 is 0 Å². The number of anilines is 1. The Kier molecular flexibility index (Phi) is 20.1. The van der Waals surface area contributed by atoms with Crippen molar-refractivity contribution in [1.82, 2.24) is 4.98 Å². The molecule has 0 atom stereocenters. The predicted molar refractivity (Wildman–Crippen MR) is 141 cm³/mol. The molecule has 0 aliphatic rings. The summed E-state index contributed by atoms with van der Waals surface area (Å²) in [5.41, 5.74) is 9.05. The van der Waals surface area contributed by atoms with Gasteiger partial charge in [0.15, 0.2) is 3.95 Å². The molecule has 0 spiro atoms. The molecule has 3 nitrogen and oxygen atoms in total. The number of thiazole rings is 1. The Morgan fingerprint density at radius 3 is 2.14 bits per heavy atom. The Balaban J connectivity index is 0. The molecule has 3 N–H and O–H groups in total. The SMILES string of the molecule is CCO[C-]=S.Nc1ccc(Br)c(Cl)c1Cl.S=c1[nH]c2ccc(Br)c(Cl)c2s1.[K+].[SH-]. The van der Waals surface area contributed by atoms with Crippen molar-refractivity contribution in [2.75, 3.05) is 12.3 Å². The summed E-state index contributed by atoms with van der Waals surface area (Å²) in [6, 6.07) is 7.31. The van der Waals surface area contributed by atoms with Crippen LogP contribution in [0.25, 0.3) is 10.2 Å². The summed E-state index contributed by atoms with van der Waals surface area (Å²) in [4.78, 5) is 3.05. The molecular formula is C16H13Br2Cl3KN2OS4-. The molecule has 3 aromatic rings. The molecule has 1 aromatic heterocycles. The number of thiol groups is 1. The maximum absolute atomic E-state index is 6.04. The van der Waals surface area contributed by atoms with E-state index in [0.717, 1.165) is 28.1 Å². The van der Waals surface area contributed by atoms with Crippen LogP contribution in [0.3, 0.4) is 0 Å². The summed E-state index contributed by atoms with van der Waals surface area (Å²) in [6.07, 6.45) is 0. The molecule has 0 saturated carbocycles. The zero-order valence-electron chi connectivity index (χ0n) is 15.1. The van der Waals surface area contributed by atoms with E-state index in [-0.39, 0.29) is 64.9 Å². The summed E-state index contributed by atoms with van der Waals surface area (Å²) in [5.74, 6) is 0. The van der Waals surface area contributed by atoms with Crippen LogP contribution in [0.5, 0.6) is 0 Å². The molecule has 1 heterocycles. The molecule has 0 fully saturated rings. The predicted octanol–water partition coefficient (Wildman–Crippen LogP) is 5.30. The van der Waals surface area contributed by atoms with Crippen LogP contribution in [0.15, 0.2) is 33.2 Å². The van der Waals surface area contributed by atoms with E-state index in [0.29, 0.717) is 22.3 Å². The summed E-state index contributed by atoms with van der Waals surface area (Å²) in [5, 5.41) is 1.59. The largest absolute Gasteiger partial charge is 1.00 e. The number of halogens is 5. The van der Waals surface area contributed by atoms with Crippen LogP contribution >= 0.6 is 102 Å². The first-order chi connectivity index (χ1) is 12.7. The number of nitrogen functional groups attached to an aromatic ring is 1. The molecule has 0 radical (unpaired) electrons. The smallest absolute Gasteiger partial charge is 0.813 e.